The summed E-state index contributed by atoms with van der Waals surface area (Å²) in [7, 11) is 4.00. The van der Waals surface area contributed by atoms with Crippen LogP contribution < -0.4 is 10.2 Å². The van der Waals surface area contributed by atoms with Crippen LogP contribution in [0.2, 0.25) is 0 Å². The van der Waals surface area contributed by atoms with Gasteiger partial charge >= 0.3 is 5.97 Å². The number of aliphatic carboxylic acids is 1. The number of nitrogens with zero attached hydrogens (tertiary/aromatic N) is 1. The van der Waals surface area contributed by atoms with Gasteiger partial charge in [-0.15, -0.1) is 11.8 Å². The van der Waals surface area contributed by atoms with Crippen molar-refractivity contribution in [3.63, 3.8) is 0 Å². The fraction of sp³-hybridized carbons (Fsp3) is 0.500. The summed E-state index contributed by atoms with van der Waals surface area (Å²) >= 11 is 1.67. The molecule has 0 bridgehead atoms. The number of hydrogen-bond acceptors (Lipinski definition) is 4. The lowest BCUT2D eigenvalue weighted by Crippen LogP contribution is -2.43. The first-order valence-corrected chi connectivity index (χ1v) is 7.13. The Kier molecular flexibility index (Phi) is 3.78. The molecule has 19 heavy (non-hydrogen) atoms. The van der Waals surface area contributed by atoms with Crippen LogP contribution >= 0.6 is 11.8 Å². The Bertz CT molecular complexity index is 471. The molecular formula is C14H20N2O2S. The summed E-state index contributed by atoms with van der Waals surface area (Å²) in [5.74, 6) is -0.787. The van der Waals surface area contributed by atoms with Crippen LogP contribution in [0.1, 0.15) is 24.8 Å². The first-order chi connectivity index (χ1) is 8.81. The van der Waals surface area contributed by atoms with Crippen LogP contribution in [-0.4, -0.2) is 36.0 Å². The van der Waals surface area contributed by atoms with Crippen molar-refractivity contribution in [2.24, 2.45) is 0 Å². The molecule has 1 heterocycles. The molecule has 2 rings (SSSR count). The van der Waals surface area contributed by atoms with Gasteiger partial charge in [0, 0.05) is 24.5 Å². The van der Waals surface area contributed by atoms with E-state index in [2.05, 4.69) is 29.6 Å². The Morgan fingerprint density at radius 1 is 1.32 bits per heavy atom. The molecule has 0 unspecified atom stereocenters. The van der Waals surface area contributed by atoms with Crippen molar-refractivity contribution in [2.75, 3.05) is 19.0 Å². The zero-order valence-corrected chi connectivity index (χ0v) is 12.5. The molecule has 0 amide bonds. The molecule has 1 aliphatic heterocycles. The molecule has 4 nitrogen and oxygen atoms in total. The number of carboxylic acid groups (broad SMARTS) is 1. The zero-order chi connectivity index (χ0) is 14.2. The van der Waals surface area contributed by atoms with Crippen LogP contribution in [0.5, 0.6) is 0 Å². The van der Waals surface area contributed by atoms with Crippen molar-refractivity contribution in [3.05, 3.63) is 29.8 Å². The fourth-order valence-corrected chi connectivity index (χ4v) is 3.65. The molecule has 1 saturated heterocycles. The van der Waals surface area contributed by atoms with Gasteiger partial charge in [-0.3, -0.25) is 10.1 Å². The average molecular weight is 280 g/mol. The van der Waals surface area contributed by atoms with Gasteiger partial charge in [0.2, 0.25) is 0 Å². The maximum Gasteiger partial charge on any atom is 0.322 e. The number of anilines is 1. The molecule has 0 spiro atoms. The smallest absolute Gasteiger partial charge is 0.322 e. The number of hydrogen-bond donors (Lipinski definition) is 2. The molecule has 2 atom stereocenters. The van der Waals surface area contributed by atoms with Crippen LogP contribution in [0.25, 0.3) is 0 Å². The second-order valence-corrected chi connectivity index (χ2v) is 7.28. The third kappa shape index (κ3) is 2.87. The number of thioether (sulfide) groups is 1. The standard InChI is InChI=1S/C14H20N2O2S/c1-14(2)11(13(17)18)15-12(19-14)9-5-7-10(8-6-9)16(3)4/h5-8,11-12,15H,1-4H3,(H,17,18)/t11-,12-/m1/s1. The van der Waals surface area contributed by atoms with Gasteiger partial charge in [0.1, 0.15) is 6.04 Å². The van der Waals surface area contributed by atoms with Gasteiger partial charge in [0.05, 0.1) is 5.37 Å². The maximum atomic E-state index is 11.3. The average Bonchev–Trinajstić information content (AvgIpc) is 2.65. The summed E-state index contributed by atoms with van der Waals surface area (Å²) < 4.78 is -0.309. The predicted molar refractivity (Wildman–Crippen MR) is 79.7 cm³/mol. The van der Waals surface area contributed by atoms with E-state index in [9.17, 15) is 9.90 Å². The Balaban J connectivity index is 2.18. The SMILES string of the molecule is CN(C)c1ccc([C@@H]2N[C@H](C(=O)O)C(C)(C)S2)cc1. The summed E-state index contributed by atoms with van der Waals surface area (Å²) in [4.78, 5) is 13.3. The number of nitrogens with one attached hydrogen (secondary N) is 1. The molecule has 1 aliphatic rings. The molecule has 2 N–H and O–H groups in total. The quantitative estimate of drug-likeness (QED) is 0.890. The minimum Gasteiger partial charge on any atom is -0.480 e. The molecule has 1 aromatic carbocycles. The minimum absolute atomic E-state index is 0.0345. The number of rotatable bonds is 3. The van der Waals surface area contributed by atoms with Crippen molar-refractivity contribution in [2.45, 2.75) is 30.0 Å². The van der Waals surface area contributed by atoms with Gasteiger partial charge in [-0.25, -0.2) is 0 Å². The van der Waals surface area contributed by atoms with Crippen molar-refractivity contribution < 1.29 is 9.90 Å². The van der Waals surface area contributed by atoms with E-state index in [4.69, 9.17) is 0 Å². The van der Waals surface area contributed by atoms with E-state index in [-0.39, 0.29) is 10.1 Å². The highest BCUT2D eigenvalue weighted by molar-refractivity contribution is 8.01. The summed E-state index contributed by atoms with van der Waals surface area (Å²) in [6, 6.07) is 7.70. The lowest BCUT2D eigenvalue weighted by molar-refractivity contribution is -0.139. The van der Waals surface area contributed by atoms with E-state index in [1.807, 2.05) is 32.8 Å². The van der Waals surface area contributed by atoms with Crippen molar-refractivity contribution in [1.82, 2.24) is 5.32 Å². The fourth-order valence-electron chi connectivity index (χ4n) is 2.24. The van der Waals surface area contributed by atoms with E-state index < -0.39 is 12.0 Å². The van der Waals surface area contributed by atoms with E-state index >= 15 is 0 Å². The van der Waals surface area contributed by atoms with E-state index in [1.54, 1.807) is 11.8 Å². The molecule has 0 radical (unpaired) electrons. The zero-order valence-electron chi connectivity index (χ0n) is 11.7. The molecule has 0 saturated carbocycles. The third-order valence-corrected chi connectivity index (χ3v) is 4.88. The topological polar surface area (TPSA) is 52.6 Å². The van der Waals surface area contributed by atoms with E-state index in [0.29, 0.717) is 0 Å². The summed E-state index contributed by atoms with van der Waals surface area (Å²) in [6.07, 6.45) is 0. The van der Waals surface area contributed by atoms with Crippen LogP contribution in [0.3, 0.4) is 0 Å². The maximum absolute atomic E-state index is 11.3. The van der Waals surface area contributed by atoms with Crippen LogP contribution in [-0.2, 0) is 4.79 Å². The predicted octanol–water partition coefficient (Wildman–Crippen LogP) is 2.32. The molecule has 1 aromatic rings. The van der Waals surface area contributed by atoms with Crippen LogP contribution in [0, 0.1) is 0 Å². The first-order valence-electron chi connectivity index (χ1n) is 6.25. The van der Waals surface area contributed by atoms with Gasteiger partial charge in [0.15, 0.2) is 0 Å². The van der Waals surface area contributed by atoms with Gasteiger partial charge < -0.3 is 10.0 Å². The van der Waals surface area contributed by atoms with Crippen molar-refractivity contribution in [1.29, 1.82) is 0 Å². The van der Waals surface area contributed by atoms with Crippen molar-refractivity contribution >= 4 is 23.4 Å². The lowest BCUT2D eigenvalue weighted by atomic mass is 10.0. The summed E-state index contributed by atoms with van der Waals surface area (Å²) in [5.41, 5.74) is 2.26. The molecule has 1 fully saturated rings. The largest absolute Gasteiger partial charge is 0.480 e. The highest BCUT2D eigenvalue weighted by Crippen LogP contribution is 2.45. The van der Waals surface area contributed by atoms with Crippen molar-refractivity contribution in [3.8, 4) is 0 Å². The molecule has 0 aliphatic carbocycles. The van der Waals surface area contributed by atoms with Gasteiger partial charge in [-0.05, 0) is 31.5 Å². The first kappa shape index (κ1) is 14.2. The Hall–Kier alpha value is -1.20. The van der Waals surface area contributed by atoms with Crippen LogP contribution in [0.4, 0.5) is 5.69 Å². The Labute approximate surface area is 118 Å². The number of benzene rings is 1. The monoisotopic (exact) mass is 280 g/mol. The summed E-state index contributed by atoms with van der Waals surface area (Å²) in [6.45, 7) is 3.94. The normalized spacial score (nSPS) is 25.3. The molecular weight excluding hydrogens is 260 g/mol. The Morgan fingerprint density at radius 2 is 1.89 bits per heavy atom. The molecule has 5 heteroatoms. The second kappa shape index (κ2) is 5.06. The molecule has 0 aromatic heterocycles. The molecule has 104 valence electrons. The lowest BCUT2D eigenvalue weighted by Gasteiger charge is -2.20. The number of carboxylic acids is 1. The number of carbonyl (C=O) groups is 1. The highest BCUT2D eigenvalue weighted by Gasteiger charge is 2.45. The van der Waals surface area contributed by atoms with Gasteiger partial charge in [0.25, 0.3) is 0 Å². The van der Waals surface area contributed by atoms with Crippen LogP contribution in [0.15, 0.2) is 24.3 Å². The minimum atomic E-state index is -0.787. The third-order valence-electron chi connectivity index (χ3n) is 3.39. The van der Waals surface area contributed by atoms with E-state index in [0.717, 1.165) is 11.3 Å². The second-order valence-electron chi connectivity index (χ2n) is 5.53. The van der Waals surface area contributed by atoms with E-state index in [1.165, 1.54) is 0 Å². The van der Waals surface area contributed by atoms with Gasteiger partial charge in [-0.1, -0.05) is 12.1 Å². The van der Waals surface area contributed by atoms with Gasteiger partial charge in [-0.2, -0.15) is 0 Å². The highest BCUT2D eigenvalue weighted by atomic mass is 32.2. The summed E-state index contributed by atoms with van der Waals surface area (Å²) in [5, 5.41) is 12.5. The Morgan fingerprint density at radius 3 is 2.32 bits per heavy atom.